The molecule has 138 valence electrons. The Morgan fingerprint density at radius 1 is 0.846 bits per heavy atom. The van der Waals surface area contributed by atoms with E-state index in [1.54, 1.807) is 0 Å². The number of rotatable bonds is 8. The van der Waals surface area contributed by atoms with Gasteiger partial charge >= 0.3 is 11.9 Å². The summed E-state index contributed by atoms with van der Waals surface area (Å²) in [4.78, 5) is 23.9. The van der Waals surface area contributed by atoms with Crippen LogP contribution in [0.4, 0.5) is 8.78 Å². The summed E-state index contributed by atoms with van der Waals surface area (Å²) in [6.07, 6.45) is 4.03. The Hall–Kier alpha value is -2.76. The lowest BCUT2D eigenvalue weighted by molar-refractivity contribution is 0.0497. The van der Waals surface area contributed by atoms with Crippen molar-refractivity contribution in [2.24, 2.45) is 0 Å². The Kier molecular flexibility index (Phi) is 7.26. The molecule has 0 aromatic heterocycles. The first-order chi connectivity index (χ1) is 12.5. The SMILES string of the molecule is CCCCCCOC(=O)c1ccc(C(=O)Oc2cc(F)cc(F)c2)cc1. The average molecular weight is 362 g/mol. The quantitative estimate of drug-likeness (QED) is 0.380. The van der Waals surface area contributed by atoms with E-state index in [1.807, 2.05) is 0 Å². The molecule has 0 N–H and O–H groups in total. The fourth-order valence-corrected chi connectivity index (χ4v) is 2.27. The second-order valence-corrected chi connectivity index (χ2v) is 5.77. The standard InChI is InChI=1S/C20H20F2O4/c1-2-3-4-5-10-25-19(23)14-6-8-15(9-7-14)20(24)26-18-12-16(21)11-17(22)13-18/h6-9,11-13H,2-5,10H2,1H3. The number of ether oxygens (including phenoxy) is 2. The molecule has 0 aliphatic rings. The Balaban J connectivity index is 1.91. The van der Waals surface area contributed by atoms with Crippen LogP contribution in [0.1, 0.15) is 53.3 Å². The molecule has 0 aliphatic heterocycles. The van der Waals surface area contributed by atoms with Crippen LogP contribution in [0.25, 0.3) is 0 Å². The van der Waals surface area contributed by atoms with Crippen LogP contribution in [0.3, 0.4) is 0 Å². The van der Waals surface area contributed by atoms with Gasteiger partial charge < -0.3 is 9.47 Å². The molecule has 0 heterocycles. The van der Waals surface area contributed by atoms with Crippen LogP contribution in [0, 0.1) is 11.6 Å². The van der Waals surface area contributed by atoms with Gasteiger partial charge in [0, 0.05) is 18.2 Å². The van der Waals surface area contributed by atoms with E-state index in [9.17, 15) is 18.4 Å². The van der Waals surface area contributed by atoms with Crippen molar-refractivity contribution in [2.75, 3.05) is 6.61 Å². The maximum Gasteiger partial charge on any atom is 0.343 e. The molecule has 2 aromatic rings. The van der Waals surface area contributed by atoms with Crippen molar-refractivity contribution in [3.63, 3.8) is 0 Å². The summed E-state index contributed by atoms with van der Waals surface area (Å²) in [5.74, 6) is -3.17. The molecule has 4 nitrogen and oxygen atoms in total. The molecule has 0 fully saturated rings. The highest BCUT2D eigenvalue weighted by Crippen LogP contribution is 2.17. The Morgan fingerprint density at radius 2 is 1.42 bits per heavy atom. The number of carbonyl (C=O) groups is 2. The lowest BCUT2D eigenvalue weighted by atomic mass is 10.1. The molecule has 0 atom stereocenters. The van der Waals surface area contributed by atoms with Gasteiger partial charge in [-0.15, -0.1) is 0 Å². The van der Waals surface area contributed by atoms with Gasteiger partial charge in [0.15, 0.2) is 0 Å². The largest absolute Gasteiger partial charge is 0.462 e. The molecule has 0 saturated carbocycles. The zero-order valence-corrected chi connectivity index (χ0v) is 14.5. The highest BCUT2D eigenvalue weighted by Gasteiger charge is 2.13. The summed E-state index contributed by atoms with van der Waals surface area (Å²) in [6, 6.07) is 8.17. The maximum absolute atomic E-state index is 13.1. The fourth-order valence-electron chi connectivity index (χ4n) is 2.27. The molecule has 6 heteroatoms. The molecule has 0 saturated heterocycles. The molecule has 0 bridgehead atoms. The van der Waals surface area contributed by atoms with Gasteiger partial charge in [0.1, 0.15) is 17.4 Å². The second-order valence-electron chi connectivity index (χ2n) is 5.77. The molecule has 2 rings (SSSR count). The van der Waals surface area contributed by atoms with Gasteiger partial charge in [-0.1, -0.05) is 26.2 Å². The monoisotopic (exact) mass is 362 g/mol. The Labute approximate surface area is 150 Å². The lowest BCUT2D eigenvalue weighted by Gasteiger charge is -2.07. The summed E-state index contributed by atoms with van der Waals surface area (Å²) in [5, 5.41) is 0. The molecule has 0 aliphatic carbocycles. The van der Waals surface area contributed by atoms with Crippen molar-refractivity contribution in [1.82, 2.24) is 0 Å². The number of esters is 2. The van der Waals surface area contributed by atoms with E-state index in [2.05, 4.69) is 6.92 Å². The normalized spacial score (nSPS) is 10.4. The van der Waals surface area contributed by atoms with Gasteiger partial charge in [-0.2, -0.15) is 0 Å². The summed E-state index contributed by atoms with van der Waals surface area (Å²) in [7, 11) is 0. The molecule has 0 unspecified atom stereocenters. The Morgan fingerprint density at radius 3 is 2.00 bits per heavy atom. The minimum Gasteiger partial charge on any atom is -0.462 e. The summed E-state index contributed by atoms with van der Waals surface area (Å²) in [6.45, 7) is 2.46. The van der Waals surface area contributed by atoms with Crippen molar-refractivity contribution in [3.8, 4) is 5.75 Å². The summed E-state index contributed by atoms with van der Waals surface area (Å²) >= 11 is 0. The minimum absolute atomic E-state index is 0.147. The lowest BCUT2D eigenvalue weighted by Crippen LogP contribution is -2.10. The van der Waals surface area contributed by atoms with Gasteiger partial charge in [-0.05, 0) is 30.7 Å². The zero-order chi connectivity index (χ0) is 18.9. The van der Waals surface area contributed by atoms with Crippen LogP contribution in [-0.2, 0) is 4.74 Å². The van der Waals surface area contributed by atoms with Crippen molar-refractivity contribution in [3.05, 3.63) is 65.2 Å². The highest BCUT2D eigenvalue weighted by molar-refractivity contribution is 5.94. The van der Waals surface area contributed by atoms with Gasteiger partial charge in [0.25, 0.3) is 0 Å². The Bertz CT molecular complexity index is 737. The number of halogens is 2. The third-order valence-electron chi connectivity index (χ3n) is 3.63. The number of hydrogen-bond donors (Lipinski definition) is 0. The van der Waals surface area contributed by atoms with E-state index in [-0.39, 0.29) is 11.3 Å². The van der Waals surface area contributed by atoms with Crippen LogP contribution in [0.2, 0.25) is 0 Å². The second kappa shape index (κ2) is 9.65. The number of unbranched alkanes of at least 4 members (excludes halogenated alkanes) is 3. The van der Waals surface area contributed by atoms with E-state index < -0.39 is 23.6 Å². The van der Waals surface area contributed by atoms with Crippen LogP contribution < -0.4 is 4.74 Å². The minimum atomic E-state index is -0.843. The van der Waals surface area contributed by atoms with Crippen molar-refractivity contribution in [2.45, 2.75) is 32.6 Å². The molecular weight excluding hydrogens is 342 g/mol. The van der Waals surface area contributed by atoms with Gasteiger partial charge in [0.05, 0.1) is 17.7 Å². The average Bonchev–Trinajstić information content (AvgIpc) is 2.60. The first-order valence-electron chi connectivity index (χ1n) is 8.45. The third kappa shape index (κ3) is 5.95. The van der Waals surface area contributed by atoms with Crippen LogP contribution in [-0.4, -0.2) is 18.5 Å². The topological polar surface area (TPSA) is 52.6 Å². The van der Waals surface area contributed by atoms with E-state index in [4.69, 9.17) is 9.47 Å². The van der Waals surface area contributed by atoms with Crippen molar-refractivity contribution >= 4 is 11.9 Å². The van der Waals surface area contributed by atoms with Crippen LogP contribution in [0.15, 0.2) is 42.5 Å². The fraction of sp³-hybridized carbons (Fsp3) is 0.300. The van der Waals surface area contributed by atoms with Gasteiger partial charge in [-0.25, -0.2) is 18.4 Å². The van der Waals surface area contributed by atoms with E-state index in [0.717, 1.165) is 37.8 Å². The van der Waals surface area contributed by atoms with Crippen LogP contribution >= 0.6 is 0 Å². The van der Waals surface area contributed by atoms with E-state index in [0.29, 0.717) is 18.2 Å². The molecule has 26 heavy (non-hydrogen) atoms. The van der Waals surface area contributed by atoms with Crippen molar-refractivity contribution in [1.29, 1.82) is 0 Å². The molecule has 0 radical (unpaired) electrons. The van der Waals surface area contributed by atoms with E-state index >= 15 is 0 Å². The maximum atomic E-state index is 13.1. The highest BCUT2D eigenvalue weighted by atomic mass is 19.1. The van der Waals surface area contributed by atoms with Gasteiger partial charge in [0.2, 0.25) is 0 Å². The summed E-state index contributed by atoms with van der Waals surface area (Å²) < 4.78 is 36.3. The first-order valence-corrected chi connectivity index (χ1v) is 8.45. The predicted molar refractivity (Wildman–Crippen MR) is 92.2 cm³/mol. The number of benzene rings is 2. The van der Waals surface area contributed by atoms with Crippen LogP contribution in [0.5, 0.6) is 5.75 Å². The van der Waals surface area contributed by atoms with Crippen molar-refractivity contribution < 1.29 is 27.8 Å². The van der Waals surface area contributed by atoms with Gasteiger partial charge in [-0.3, -0.25) is 0 Å². The molecule has 0 spiro atoms. The molecule has 2 aromatic carbocycles. The molecular formula is C20H20F2O4. The first kappa shape index (κ1) is 19.6. The van der Waals surface area contributed by atoms with E-state index in [1.165, 1.54) is 24.3 Å². The zero-order valence-electron chi connectivity index (χ0n) is 14.5. The third-order valence-corrected chi connectivity index (χ3v) is 3.63. The number of hydrogen-bond acceptors (Lipinski definition) is 4. The summed E-state index contributed by atoms with van der Waals surface area (Å²) in [5.41, 5.74) is 0.461. The molecule has 0 amide bonds. The predicted octanol–water partition coefficient (Wildman–Crippen LogP) is 4.92. The number of carbonyl (C=O) groups excluding carboxylic acids is 2. The smallest absolute Gasteiger partial charge is 0.343 e.